The fraction of sp³-hybridized carbons (Fsp3) is 0.308. The maximum absolute atomic E-state index is 13.0. The molecule has 36 heavy (non-hydrogen) atoms. The Balaban J connectivity index is 1.78. The number of sulfonamides is 1. The number of carboxylic acids is 1. The second-order valence-electron chi connectivity index (χ2n) is 9.25. The highest BCUT2D eigenvalue weighted by molar-refractivity contribution is 7.93. The first-order valence-corrected chi connectivity index (χ1v) is 13.2. The summed E-state index contributed by atoms with van der Waals surface area (Å²) in [7, 11) is 0.188. The van der Waals surface area contributed by atoms with Gasteiger partial charge in [0.2, 0.25) is 10.0 Å². The van der Waals surface area contributed by atoms with Crippen LogP contribution in [0.5, 0.6) is 0 Å². The fourth-order valence-electron chi connectivity index (χ4n) is 4.23. The van der Waals surface area contributed by atoms with Crippen molar-refractivity contribution < 1.29 is 18.3 Å². The number of aromatic nitrogens is 2. The van der Waals surface area contributed by atoms with Gasteiger partial charge in [0.15, 0.2) is 0 Å². The number of carbonyl (C=O) groups is 1. The number of pyridine rings is 1. The summed E-state index contributed by atoms with van der Waals surface area (Å²) in [6, 6.07) is 16.4. The lowest BCUT2D eigenvalue weighted by Crippen LogP contribution is -2.28. The molecule has 0 bridgehead atoms. The summed E-state index contributed by atoms with van der Waals surface area (Å²) in [5, 5.41) is 11.7. The highest BCUT2D eigenvalue weighted by Gasteiger charge is 2.22. The van der Waals surface area contributed by atoms with Crippen molar-refractivity contribution in [2.75, 3.05) is 25.4 Å². The molecule has 2 aromatic carbocycles. The molecule has 0 aliphatic carbocycles. The molecule has 0 spiro atoms. The number of anilines is 1. The monoisotopic (exact) mass is 509 g/mol. The van der Waals surface area contributed by atoms with Gasteiger partial charge < -0.3 is 20.3 Å². The summed E-state index contributed by atoms with van der Waals surface area (Å²) in [5.74, 6) is -1.07. The van der Waals surface area contributed by atoms with E-state index in [1.54, 1.807) is 35.8 Å². The van der Waals surface area contributed by atoms with Gasteiger partial charge in [0.05, 0.1) is 17.5 Å². The van der Waals surface area contributed by atoms with E-state index in [0.29, 0.717) is 35.4 Å². The lowest BCUT2D eigenvalue weighted by Gasteiger charge is -2.18. The van der Waals surface area contributed by atoms with Gasteiger partial charge >= 0.3 is 5.97 Å². The van der Waals surface area contributed by atoms with Gasteiger partial charge in [-0.05, 0) is 80.7 Å². The lowest BCUT2D eigenvalue weighted by molar-refractivity contribution is 0.0686. The van der Waals surface area contributed by atoms with Crippen LogP contribution in [0.3, 0.4) is 0 Å². The molecule has 190 valence electrons. The average Bonchev–Trinajstić information content (AvgIpc) is 3.20. The van der Waals surface area contributed by atoms with E-state index in [1.165, 1.54) is 0 Å². The van der Waals surface area contributed by atoms with Crippen LogP contribution in [0.2, 0.25) is 0 Å². The Kier molecular flexibility index (Phi) is 7.30. The number of benzene rings is 2. The number of hydrogen-bond acceptors (Lipinski definition) is 6. The molecular formula is C26H31N5O4S. The van der Waals surface area contributed by atoms with Gasteiger partial charge in [-0.15, -0.1) is 0 Å². The van der Waals surface area contributed by atoms with Gasteiger partial charge in [-0.25, -0.2) is 18.2 Å². The van der Waals surface area contributed by atoms with E-state index < -0.39 is 21.2 Å². The van der Waals surface area contributed by atoms with E-state index in [1.807, 2.05) is 49.3 Å². The van der Waals surface area contributed by atoms with Crippen LogP contribution < -0.4 is 10.5 Å². The van der Waals surface area contributed by atoms with Crippen LogP contribution >= 0.6 is 0 Å². The topological polar surface area (TPSA) is 131 Å². The van der Waals surface area contributed by atoms with Crippen molar-refractivity contribution >= 4 is 43.5 Å². The maximum atomic E-state index is 13.0. The lowest BCUT2D eigenvalue weighted by atomic mass is 10.0. The molecular weight excluding hydrogens is 478 g/mol. The molecule has 0 aliphatic heterocycles. The van der Waals surface area contributed by atoms with Crippen LogP contribution in [0, 0.1) is 0 Å². The average molecular weight is 510 g/mol. The zero-order valence-electron chi connectivity index (χ0n) is 20.6. The number of nitrogens with two attached hydrogens (primary N) is 1. The summed E-state index contributed by atoms with van der Waals surface area (Å²) in [6.07, 6.45) is 0.495. The van der Waals surface area contributed by atoms with Crippen molar-refractivity contribution in [2.45, 2.75) is 31.7 Å². The highest BCUT2D eigenvalue weighted by Crippen LogP contribution is 2.28. The van der Waals surface area contributed by atoms with Crippen LogP contribution in [-0.4, -0.2) is 59.8 Å². The predicted octanol–water partition coefficient (Wildman–Crippen LogP) is 3.48. The van der Waals surface area contributed by atoms with E-state index in [0.717, 1.165) is 16.3 Å². The van der Waals surface area contributed by atoms with Crippen molar-refractivity contribution in [1.29, 1.82) is 0 Å². The smallest absolute Gasteiger partial charge is 0.352 e. The van der Waals surface area contributed by atoms with Crippen molar-refractivity contribution in [3.05, 3.63) is 71.5 Å². The number of nitrogens with zero attached hydrogens (tertiary/aromatic N) is 3. The summed E-state index contributed by atoms with van der Waals surface area (Å²) < 4.78 is 30.4. The SMILES string of the molecule is CC(CCN(C)C)S(=O)(=O)Nc1cc(Cn2c(C(=O)O)cc3ccc(CN)nc32)c2ccccc2c1. The van der Waals surface area contributed by atoms with Crippen molar-refractivity contribution in [1.82, 2.24) is 14.5 Å². The van der Waals surface area contributed by atoms with E-state index in [4.69, 9.17) is 5.73 Å². The number of nitrogens with one attached hydrogen (secondary N) is 1. The Morgan fingerprint density at radius 2 is 1.89 bits per heavy atom. The molecule has 9 nitrogen and oxygen atoms in total. The largest absolute Gasteiger partial charge is 0.477 e. The number of hydrogen-bond donors (Lipinski definition) is 3. The third-order valence-corrected chi connectivity index (χ3v) is 8.09. The van der Waals surface area contributed by atoms with Gasteiger partial charge in [0.1, 0.15) is 11.3 Å². The molecule has 0 fully saturated rings. The first kappa shape index (κ1) is 25.6. The molecule has 0 amide bonds. The molecule has 0 radical (unpaired) electrons. The molecule has 2 heterocycles. The number of aromatic carboxylic acids is 1. The minimum Gasteiger partial charge on any atom is -0.477 e. The van der Waals surface area contributed by atoms with Crippen LogP contribution in [0.4, 0.5) is 5.69 Å². The molecule has 2 aromatic heterocycles. The molecule has 1 unspecified atom stereocenters. The fourth-order valence-corrected chi connectivity index (χ4v) is 5.29. The molecule has 10 heteroatoms. The zero-order chi connectivity index (χ0) is 26.0. The summed E-state index contributed by atoms with van der Waals surface area (Å²) in [6.45, 7) is 2.77. The van der Waals surface area contributed by atoms with E-state index >= 15 is 0 Å². The van der Waals surface area contributed by atoms with Gasteiger partial charge in [0.25, 0.3) is 0 Å². The molecule has 4 aromatic rings. The second-order valence-corrected chi connectivity index (χ2v) is 11.3. The number of fused-ring (bicyclic) bond motifs is 2. The Morgan fingerprint density at radius 3 is 2.58 bits per heavy atom. The molecule has 0 saturated heterocycles. The Bertz CT molecular complexity index is 1530. The minimum atomic E-state index is -3.63. The Morgan fingerprint density at radius 1 is 1.14 bits per heavy atom. The molecule has 0 aliphatic rings. The second kappa shape index (κ2) is 10.3. The van der Waals surface area contributed by atoms with E-state index in [9.17, 15) is 18.3 Å². The van der Waals surface area contributed by atoms with E-state index in [-0.39, 0.29) is 18.8 Å². The number of carboxylic acid groups (broad SMARTS) is 1. The first-order valence-electron chi connectivity index (χ1n) is 11.7. The van der Waals surface area contributed by atoms with Crippen LogP contribution in [-0.2, 0) is 23.1 Å². The van der Waals surface area contributed by atoms with Crippen molar-refractivity contribution in [3.63, 3.8) is 0 Å². The predicted molar refractivity (Wildman–Crippen MR) is 143 cm³/mol. The highest BCUT2D eigenvalue weighted by atomic mass is 32.2. The Labute approximate surface area is 210 Å². The third-order valence-electron chi connectivity index (χ3n) is 6.28. The van der Waals surface area contributed by atoms with Gasteiger partial charge in [-0.3, -0.25) is 4.72 Å². The minimum absolute atomic E-state index is 0.0963. The van der Waals surface area contributed by atoms with Gasteiger partial charge in [-0.2, -0.15) is 0 Å². The van der Waals surface area contributed by atoms with E-state index in [2.05, 4.69) is 9.71 Å². The molecule has 0 saturated carbocycles. The summed E-state index contributed by atoms with van der Waals surface area (Å²) in [4.78, 5) is 18.6. The van der Waals surface area contributed by atoms with Crippen LogP contribution in [0.1, 0.15) is 35.1 Å². The zero-order valence-corrected chi connectivity index (χ0v) is 21.4. The first-order chi connectivity index (χ1) is 17.1. The molecule has 1 atom stereocenters. The molecule has 4 rings (SSSR count). The molecule has 4 N–H and O–H groups in total. The van der Waals surface area contributed by atoms with Crippen LogP contribution in [0.15, 0.2) is 54.6 Å². The van der Waals surface area contributed by atoms with Crippen molar-refractivity contribution in [2.24, 2.45) is 5.73 Å². The number of rotatable bonds is 10. The summed E-state index contributed by atoms with van der Waals surface area (Å²) in [5.41, 5.74) is 8.24. The van der Waals surface area contributed by atoms with Crippen LogP contribution in [0.25, 0.3) is 21.8 Å². The third kappa shape index (κ3) is 5.35. The van der Waals surface area contributed by atoms with Gasteiger partial charge in [-0.1, -0.05) is 24.3 Å². The standard InChI is InChI=1S/C26H31N5O4S/c1-17(10-11-30(2)3)36(34,35)29-22-12-18-6-4-5-7-23(18)20(13-22)16-31-24(26(32)33)14-19-8-9-21(15-27)28-25(19)31/h4-9,12-14,17,29H,10-11,15-16,27H2,1-3H3,(H,32,33). The van der Waals surface area contributed by atoms with Crippen molar-refractivity contribution in [3.8, 4) is 0 Å². The maximum Gasteiger partial charge on any atom is 0.352 e. The Hall–Kier alpha value is -3.47. The summed E-state index contributed by atoms with van der Waals surface area (Å²) >= 11 is 0. The normalized spacial score (nSPS) is 12.9. The quantitative estimate of drug-likeness (QED) is 0.298. The van der Waals surface area contributed by atoms with Gasteiger partial charge in [0, 0.05) is 17.6 Å².